The van der Waals surface area contributed by atoms with E-state index in [0.29, 0.717) is 12.0 Å². The largest absolute Gasteiger partial charge is 0.437 e. The fourth-order valence-corrected chi connectivity index (χ4v) is 5.64. The first-order valence-electron chi connectivity index (χ1n) is 13.0. The monoisotopic (exact) mass is 548 g/mol. The summed E-state index contributed by atoms with van der Waals surface area (Å²) in [7, 11) is -0.384. The minimum atomic E-state index is -0.384. The van der Waals surface area contributed by atoms with E-state index in [9.17, 15) is 5.02 Å². The topological polar surface area (TPSA) is 67.8 Å². The van der Waals surface area contributed by atoms with Gasteiger partial charge in [0.1, 0.15) is 0 Å². The molecule has 5 rings (SSSR count). The lowest BCUT2D eigenvalue weighted by atomic mass is 9.84. The Bertz CT molecular complexity index is 1120. The van der Waals surface area contributed by atoms with Crippen LogP contribution in [0.2, 0.25) is 6.82 Å². The lowest BCUT2D eigenvalue weighted by Gasteiger charge is -2.36. The Morgan fingerprint density at radius 1 is 0.972 bits per heavy atom. The molecule has 2 heterocycles. The van der Waals surface area contributed by atoms with E-state index in [2.05, 4.69) is 95.4 Å². The number of nitrogens with one attached hydrogen (secondary N) is 1. The lowest BCUT2D eigenvalue weighted by molar-refractivity contribution is 0.344. The van der Waals surface area contributed by atoms with Gasteiger partial charge in [-0.15, -0.1) is 0 Å². The number of piperazine rings is 1. The fourth-order valence-electron chi connectivity index (χ4n) is 5.26. The Kier molecular flexibility index (Phi) is 8.09. The SMILES string of the molecule is CB(O)N1CCN(c2ccc(Nc3ncc(Br)c(N(c4ccccc4)C4CCCCC4)n3)cc2)CC1. The highest BCUT2D eigenvalue weighted by molar-refractivity contribution is 9.10. The Morgan fingerprint density at radius 3 is 2.33 bits per heavy atom. The summed E-state index contributed by atoms with van der Waals surface area (Å²) in [6.07, 6.45) is 8.00. The molecule has 2 aromatic carbocycles. The minimum Gasteiger partial charge on any atom is -0.437 e. The average Bonchev–Trinajstić information content (AvgIpc) is 2.92. The van der Waals surface area contributed by atoms with Crippen LogP contribution < -0.4 is 15.1 Å². The van der Waals surface area contributed by atoms with Crippen molar-refractivity contribution < 1.29 is 5.02 Å². The average molecular weight is 549 g/mol. The van der Waals surface area contributed by atoms with E-state index < -0.39 is 0 Å². The van der Waals surface area contributed by atoms with Gasteiger partial charge in [0, 0.05) is 55.5 Å². The normalized spacial score (nSPS) is 17.1. The third-order valence-corrected chi connectivity index (χ3v) is 7.82. The van der Waals surface area contributed by atoms with Crippen molar-refractivity contribution in [1.29, 1.82) is 0 Å². The van der Waals surface area contributed by atoms with Gasteiger partial charge in [-0.3, -0.25) is 0 Å². The molecule has 1 aliphatic heterocycles. The predicted octanol–water partition coefficient (Wildman–Crippen LogP) is 5.69. The van der Waals surface area contributed by atoms with Gasteiger partial charge in [0.2, 0.25) is 5.95 Å². The highest BCUT2D eigenvalue weighted by Gasteiger charge is 2.26. The molecular weight excluding hydrogens is 515 g/mol. The third-order valence-electron chi connectivity index (χ3n) is 7.26. The smallest absolute Gasteiger partial charge is 0.376 e. The molecule has 7 nitrogen and oxygen atoms in total. The third kappa shape index (κ3) is 5.85. The van der Waals surface area contributed by atoms with E-state index in [-0.39, 0.29) is 7.05 Å². The van der Waals surface area contributed by atoms with Crippen LogP contribution in [0.3, 0.4) is 0 Å². The van der Waals surface area contributed by atoms with Crippen molar-refractivity contribution in [3.63, 3.8) is 0 Å². The molecule has 0 amide bonds. The molecule has 0 atom stereocenters. The Labute approximate surface area is 222 Å². The molecule has 2 fully saturated rings. The van der Waals surface area contributed by atoms with Crippen molar-refractivity contribution >= 4 is 51.8 Å². The summed E-state index contributed by atoms with van der Waals surface area (Å²) in [6, 6.07) is 19.4. The van der Waals surface area contributed by atoms with Crippen LogP contribution in [0.25, 0.3) is 0 Å². The van der Waals surface area contributed by atoms with E-state index in [0.717, 1.165) is 47.8 Å². The van der Waals surface area contributed by atoms with Gasteiger partial charge in [-0.25, -0.2) is 4.98 Å². The van der Waals surface area contributed by atoms with Crippen LogP contribution >= 0.6 is 15.9 Å². The molecule has 3 aromatic rings. The van der Waals surface area contributed by atoms with E-state index in [1.54, 1.807) is 0 Å². The second-order valence-electron chi connectivity index (χ2n) is 9.69. The van der Waals surface area contributed by atoms with Crippen LogP contribution in [0.5, 0.6) is 0 Å². The van der Waals surface area contributed by atoms with Crippen LogP contribution in [-0.4, -0.2) is 59.1 Å². The van der Waals surface area contributed by atoms with Gasteiger partial charge in [-0.1, -0.05) is 37.5 Å². The maximum atomic E-state index is 9.80. The summed E-state index contributed by atoms with van der Waals surface area (Å²) in [6.45, 7) is 5.39. The molecule has 1 saturated carbocycles. The van der Waals surface area contributed by atoms with Crippen molar-refractivity contribution in [2.45, 2.75) is 45.0 Å². The van der Waals surface area contributed by atoms with Gasteiger partial charge in [0.05, 0.1) is 4.47 Å². The molecule has 9 heteroatoms. The molecule has 2 N–H and O–H groups in total. The molecule has 1 aliphatic carbocycles. The first kappa shape index (κ1) is 25.1. The van der Waals surface area contributed by atoms with Crippen LogP contribution in [0.1, 0.15) is 32.1 Å². The zero-order valence-electron chi connectivity index (χ0n) is 20.9. The lowest BCUT2D eigenvalue weighted by Crippen LogP contribution is -2.51. The van der Waals surface area contributed by atoms with E-state index in [4.69, 9.17) is 4.98 Å². The Balaban J connectivity index is 1.33. The van der Waals surface area contributed by atoms with Crippen LogP contribution in [0.15, 0.2) is 65.3 Å². The molecule has 1 aromatic heterocycles. The molecule has 1 saturated heterocycles. The molecular formula is C27H34BBrN6O. The number of hydrogen-bond acceptors (Lipinski definition) is 7. The number of aromatic nitrogens is 2. The molecule has 0 unspecified atom stereocenters. The second kappa shape index (κ2) is 11.6. The van der Waals surface area contributed by atoms with Crippen molar-refractivity contribution in [2.75, 3.05) is 41.3 Å². The van der Waals surface area contributed by atoms with Gasteiger partial charge >= 0.3 is 7.05 Å². The number of hydrogen-bond donors (Lipinski definition) is 2. The highest BCUT2D eigenvalue weighted by Crippen LogP contribution is 2.37. The van der Waals surface area contributed by atoms with Gasteiger partial charge in [0.25, 0.3) is 0 Å². The number of para-hydroxylation sites is 1. The molecule has 2 aliphatic rings. The summed E-state index contributed by atoms with van der Waals surface area (Å²) in [5.41, 5.74) is 3.31. The number of rotatable bonds is 7. The van der Waals surface area contributed by atoms with Crippen molar-refractivity contribution in [3.05, 3.63) is 65.3 Å². The Hall–Kier alpha value is -2.62. The van der Waals surface area contributed by atoms with E-state index >= 15 is 0 Å². The first-order chi connectivity index (χ1) is 17.6. The molecule has 0 spiro atoms. The van der Waals surface area contributed by atoms with Gasteiger partial charge in [0.15, 0.2) is 5.82 Å². The summed E-state index contributed by atoms with van der Waals surface area (Å²) in [5.74, 6) is 1.49. The van der Waals surface area contributed by atoms with Crippen molar-refractivity contribution in [1.82, 2.24) is 14.8 Å². The summed E-state index contributed by atoms with van der Waals surface area (Å²) in [5, 5.41) is 13.2. The zero-order valence-corrected chi connectivity index (χ0v) is 22.4. The maximum Gasteiger partial charge on any atom is 0.376 e. The number of benzene rings is 2. The molecule has 0 radical (unpaired) electrons. The van der Waals surface area contributed by atoms with Crippen LogP contribution in [0.4, 0.5) is 28.8 Å². The quantitative estimate of drug-likeness (QED) is 0.368. The van der Waals surface area contributed by atoms with Crippen LogP contribution in [0, 0.1) is 0 Å². The van der Waals surface area contributed by atoms with Crippen molar-refractivity contribution in [2.24, 2.45) is 0 Å². The zero-order chi connectivity index (χ0) is 24.9. The van der Waals surface area contributed by atoms with E-state index in [1.165, 1.54) is 37.8 Å². The number of halogens is 1. The summed E-state index contributed by atoms with van der Waals surface area (Å²) >= 11 is 3.73. The summed E-state index contributed by atoms with van der Waals surface area (Å²) in [4.78, 5) is 16.4. The highest BCUT2D eigenvalue weighted by atomic mass is 79.9. The molecule has 36 heavy (non-hydrogen) atoms. The van der Waals surface area contributed by atoms with Crippen molar-refractivity contribution in [3.8, 4) is 0 Å². The predicted molar refractivity (Wildman–Crippen MR) is 153 cm³/mol. The molecule has 188 valence electrons. The maximum absolute atomic E-state index is 9.80. The summed E-state index contributed by atoms with van der Waals surface area (Å²) < 4.78 is 0.897. The Morgan fingerprint density at radius 2 is 1.67 bits per heavy atom. The van der Waals surface area contributed by atoms with Gasteiger partial charge < -0.3 is 25.0 Å². The number of nitrogens with zero attached hydrogens (tertiary/aromatic N) is 5. The van der Waals surface area contributed by atoms with Gasteiger partial charge in [-0.2, -0.15) is 4.98 Å². The second-order valence-corrected chi connectivity index (χ2v) is 10.5. The van der Waals surface area contributed by atoms with Crippen LogP contribution in [-0.2, 0) is 0 Å². The van der Waals surface area contributed by atoms with Gasteiger partial charge in [-0.05, 0) is 72.0 Å². The minimum absolute atomic E-state index is 0.384. The fraction of sp³-hybridized carbons (Fsp3) is 0.407. The standard InChI is InChI=1S/C27H34BBrN6O/c1-28(36)34-18-16-33(17-19-34)22-14-12-21(13-15-22)31-27-30-20-25(29)26(32-27)35(23-8-4-2-5-9-23)24-10-6-3-7-11-24/h2,4-5,8-9,12-15,20,24,36H,3,6-7,10-11,16-19H2,1H3,(H,30,31,32). The van der Waals surface area contributed by atoms with E-state index in [1.807, 2.05) is 13.0 Å². The molecule has 0 bridgehead atoms. The first-order valence-corrected chi connectivity index (χ1v) is 13.8. The number of anilines is 5.